The van der Waals surface area contributed by atoms with E-state index in [1.165, 1.54) is 0 Å². The molecule has 2 aliphatic heterocycles. The predicted molar refractivity (Wildman–Crippen MR) is 196 cm³/mol. The van der Waals surface area contributed by atoms with Crippen LogP contribution >= 0.6 is 11.6 Å². The van der Waals surface area contributed by atoms with Gasteiger partial charge in [-0.25, -0.2) is 9.97 Å². The van der Waals surface area contributed by atoms with E-state index in [1.54, 1.807) is 30.3 Å². The molecule has 2 aliphatic rings. The maximum Gasteiger partial charge on any atom is 0.305 e. The molecule has 0 aliphatic carbocycles. The van der Waals surface area contributed by atoms with Crippen LogP contribution in [0.15, 0.2) is 85.1 Å². The smallest absolute Gasteiger partial charge is 0.305 e. The fourth-order valence-electron chi connectivity index (χ4n) is 7.23. The normalized spacial score (nSPS) is 17.1. The van der Waals surface area contributed by atoms with Crippen LogP contribution < -0.4 is 9.64 Å². The third-order valence-electron chi connectivity index (χ3n) is 9.92. The number of aliphatic carboxylic acids is 1. The van der Waals surface area contributed by atoms with E-state index in [4.69, 9.17) is 26.3 Å². The summed E-state index contributed by atoms with van der Waals surface area (Å²) >= 11 is 6.10. The molecular formula is C40H44ClN5O5. The van der Waals surface area contributed by atoms with Gasteiger partial charge in [0.15, 0.2) is 0 Å². The molecule has 2 atom stereocenters. The van der Waals surface area contributed by atoms with Crippen LogP contribution in [0.25, 0.3) is 0 Å². The number of benzene rings is 3. The molecule has 266 valence electrons. The first-order valence-electron chi connectivity index (χ1n) is 17.6. The van der Waals surface area contributed by atoms with Crippen molar-refractivity contribution in [1.29, 1.82) is 0 Å². The van der Waals surface area contributed by atoms with Crippen LogP contribution in [-0.2, 0) is 35.4 Å². The summed E-state index contributed by atoms with van der Waals surface area (Å²) in [5.41, 5.74) is 3.80. The number of rotatable bonds is 13. The van der Waals surface area contributed by atoms with E-state index in [2.05, 4.69) is 9.80 Å². The molecule has 0 spiro atoms. The van der Waals surface area contributed by atoms with Gasteiger partial charge in [-0.05, 0) is 60.9 Å². The van der Waals surface area contributed by atoms with Crippen molar-refractivity contribution in [2.24, 2.45) is 5.92 Å². The molecule has 1 N–H and O–H groups in total. The maximum atomic E-state index is 14.2. The summed E-state index contributed by atoms with van der Waals surface area (Å²) in [4.78, 5) is 55.1. The Morgan fingerprint density at radius 1 is 0.941 bits per heavy atom. The van der Waals surface area contributed by atoms with Crippen molar-refractivity contribution in [2.75, 3.05) is 38.2 Å². The minimum absolute atomic E-state index is 0.0262. The molecule has 2 saturated heterocycles. The molecule has 0 bridgehead atoms. The number of nitrogens with zero attached hydrogens (tertiary/aromatic N) is 5. The number of anilines is 1. The highest BCUT2D eigenvalue weighted by molar-refractivity contribution is 6.30. The largest absolute Gasteiger partial charge is 0.496 e. The molecule has 3 aromatic carbocycles. The highest BCUT2D eigenvalue weighted by Crippen LogP contribution is 2.33. The van der Waals surface area contributed by atoms with Crippen molar-refractivity contribution in [1.82, 2.24) is 19.8 Å². The van der Waals surface area contributed by atoms with Gasteiger partial charge in [-0.1, -0.05) is 78.7 Å². The molecule has 2 amide bonds. The number of fused-ring (bicyclic) bond motifs is 1. The van der Waals surface area contributed by atoms with Crippen molar-refractivity contribution in [3.05, 3.63) is 118 Å². The number of aryl methyl sites for hydroxylation is 2. The minimum atomic E-state index is -0.985. The molecule has 0 radical (unpaired) electrons. The molecule has 0 saturated carbocycles. The topological polar surface area (TPSA) is 116 Å². The Morgan fingerprint density at radius 3 is 2.47 bits per heavy atom. The number of carbonyl (C=O) groups excluding carboxylic acids is 2. The van der Waals surface area contributed by atoms with E-state index >= 15 is 0 Å². The number of methoxy groups -OCH3 is 1. The SMILES string of the molecule is COc1ccccc1CC(=O)N1CCCCC2CN(c3ncc(C(=O)N(CCC(=O)O)Cc4ccc(Cl)cc4)c(CCc4ccccc4)n3)CC21. The number of carboxylic acids is 1. The number of amides is 2. The molecule has 1 aromatic heterocycles. The van der Waals surface area contributed by atoms with E-state index in [0.717, 1.165) is 42.5 Å². The Morgan fingerprint density at radius 2 is 1.71 bits per heavy atom. The molecule has 2 fully saturated rings. The lowest BCUT2D eigenvalue weighted by Crippen LogP contribution is -2.45. The van der Waals surface area contributed by atoms with Gasteiger partial charge in [0.25, 0.3) is 5.91 Å². The fourth-order valence-corrected chi connectivity index (χ4v) is 7.36. The first kappa shape index (κ1) is 35.9. The van der Waals surface area contributed by atoms with E-state index in [1.807, 2.05) is 66.7 Å². The second-order valence-electron chi connectivity index (χ2n) is 13.3. The summed E-state index contributed by atoms with van der Waals surface area (Å²) in [7, 11) is 1.63. The second kappa shape index (κ2) is 16.8. The first-order chi connectivity index (χ1) is 24.8. The summed E-state index contributed by atoms with van der Waals surface area (Å²) < 4.78 is 5.52. The monoisotopic (exact) mass is 709 g/mol. The molecule has 51 heavy (non-hydrogen) atoms. The number of aromatic nitrogens is 2. The van der Waals surface area contributed by atoms with Gasteiger partial charge < -0.3 is 24.5 Å². The zero-order valence-corrected chi connectivity index (χ0v) is 29.7. The predicted octanol–water partition coefficient (Wildman–Crippen LogP) is 6.10. The van der Waals surface area contributed by atoms with E-state index in [-0.39, 0.29) is 49.7 Å². The first-order valence-corrected chi connectivity index (χ1v) is 18.0. The molecule has 2 unspecified atom stereocenters. The summed E-state index contributed by atoms with van der Waals surface area (Å²) in [6, 6.07) is 24.9. The second-order valence-corrected chi connectivity index (χ2v) is 13.8. The molecule has 3 heterocycles. The van der Waals surface area contributed by atoms with Crippen LogP contribution in [-0.4, -0.2) is 82.0 Å². The van der Waals surface area contributed by atoms with Crippen LogP contribution in [0.2, 0.25) is 5.02 Å². The number of carboxylic acid groups (broad SMARTS) is 1. The summed E-state index contributed by atoms with van der Waals surface area (Å²) in [5, 5.41) is 10.1. The van der Waals surface area contributed by atoms with Crippen LogP contribution in [0, 0.1) is 5.92 Å². The van der Waals surface area contributed by atoms with Crippen LogP contribution in [0.4, 0.5) is 5.95 Å². The number of hydrogen-bond donors (Lipinski definition) is 1. The summed E-state index contributed by atoms with van der Waals surface area (Å²) in [5.74, 6) is 0.311. The van der Waals surface area contributed by atoms with Crippen LogP contribution in [0.3, 0.4) is 0 Å². The molecule has 4 aromatic rings. The Labute approximate surface area is 304 Å². The summed E-state index contributed by atoms with van der Waals surface area (Å²) in [6.07, 6.45) is 5.87. The van der Waals surface area contributed by atoms with E-state index in [0.29, 0.717) is 53.9 Å². The Bertz CT molecular complexity index is 1820. The fraction of sp³-hybridized carbons (Fsp3) is 0.375. The number of carbonyl (C=O) groups is 3. The Kier molecular flexibility index (Phi) is 11.8. The molecule has 11 heteroatoms. The lowest BCUT2D eigenvalue weighted by atomic mass is 9.98. The van der Waals surface area contributed by atoms with Crippen molar-refractivity contribution < 1.29 is 24.2 Å². The zero-order valence-electron chi connectivity index (χ0n) is 28.9. The van der Waals surface area contributed by atoms with Gasteiger partial charge >= 0.3 is 5.97 Å². The highest BCUT2D eigenvalue weighted by atomic mass is 35.5. The average Bonchev–Trinajstić information content (AvgIpc) is 3.46. The standard InChI is InChI=1S/C40H44ClN5O5/c1-51-36-13-6-5-11-30(36)23-37(47)46-21-8-7-12-31-26-45(27-35(31)46)40-42-24-33(34(43-40)19-16-28-9-3-2-4-10-28)39(50)44(22-20-38(48)49)25-29-14-17-32(41)18-15-29/h2-6,9-11,13-15,17-18,24,31,35H,7-8,12,16,19-23,25-27H2,1H3,(H,48,49). The zero-order chi connectivity index (χ0) is 35.7. The minimum Gasteiger partial charge on any atom is -0.496 e. The Hall–Kier alpha value is -4.96. The maximum absolute atomic E-state index is 14.2. The van der Waals surface area contributed by atoms with Gasteiger partial charge in [0, 0.05) is 49.5 Å². The van der Waals surface area contributed by atoms with Gasteiger partial charge in [-0.2, -0.15) is 0 Å². The van der Waals surface area contributed by atoms with Crippen molar-refractivity contribution >= 4 is 35.3 Å². The number of likely N-dealkylation sites (tertiary alicyclic amines) is 1. The van der Waals surface area contributed by atoms with Gasteiger partial charge in [0.1, 0.15) is 5.75 Å². The highest BCUT2D eigenvalue weighted by Gasteiger charge is 2.41. The van der Waals surface area contributed by atoms with E-state index in [9.17, 15) is 19.5 Å². The van der Waals surface area contributed by atoms with Crippen molar-refractivity contribution in [2.45, 2.75) is 57.5 Å². The lowest BCUT2D eigenvalue weighted by molar-refractivity contribution is -0.137. The van der Waals surface area contributed by atoms with Crippen LogP contribution in [0.1, 0.15) is 58.4 Å². The van der Waals surface area contributed by atoms with Crippen molar-refractivity contribution in [3.63, 3.8) is 0 Å². The van der Waals surface area contributed by atoms with Crippen LogP contribution in [0.5, 0.6) is 5.75 Å². The number of hydrogen-bond acceptors (Lipinski definition) is 7. The van der Waals surface area contributed by atoms with Gasteiger partial charge in [-0.3, -0.25) is 14.4 Å². The lowest BCUT2D eigenvalue weighted by Gasteiger charge is -2.30. The quantitative estimate of drug-likeness (QED) is 0.177. The molecular weight excluding hydrogens is 666 g/mol. The third-order valence-corrected chi connectivity index (χ3v) is 10.2. The van der Waals surface area contributed by atoms with Gasteiger partial charge in [0.05, 0.1) is 37.3 Å². The number of para-hydroxylation sites is 1. The summed E-state index contributed by atoms with van der Waals surface area (Å²) in [6.45, 7) is 2.28. The molecule has 10 nitrogen and oxygen atoms in total. The average molecular weight is 710 g/mol. The van der Waals surface area contributed by atoms with Gasteiger partial charge in [0.2, 0.25) is 11.9 Å². The van der Waals surface area contributed by atoms with E-state index < -0.39 is 5.97 Å². The van der Waals surface area contributed by atoms with Crippen molar-refractivity contribution in [3.8, 4) is 5.75 Å². The molecule has 6 rings (SSSR count). The number of halogens is 1. The third kappa shape index (κ3) is 9.05. The van der Waals surface area contributed by atoms with Gasteiger partial charge in [-0.15, -0.1) is 0 Å². The Balaban J connectivity index is 1.26. The number of ether oxygens (including phenoxy) is 1.